The van der Waals surface area contributed by atoms with E-state index < -0.39 is 24.5 Å². The van der Waals surface area contributed by atoms with E-state index in [1.165, 1.54) is 0 Å². The minimum absolute atomic E-state index is 0.0831. The van der Waals surface area contributed by atoms with Crippen molar-refractivity contribution < 1.29 is 18.7 Å². The summed E-state index contributed by atoms with van der Waals surface area (Å²) in [6.07, 6.45) is -3.50. The van der Waals surface area contributed by atoms with Crippen molar-refractivity contribution in [2.45, 2.75) is 12.8 Å². The minimum Gasteiger partial charge on any atom is -0.481 e. The molecule has 5 N–H and O–H groups in total. The third kappa shape index (κ3) is 2.52. The van der Waals surface area contributed by atoms with Gasteiger partial charge in [0.2, 0.25) is 0 Å². The Morgan fingerprint density at radius 3 is 2.60 bits per heavy atom. The third-order valence-corrected chi connectivity index (χ3v) is 1.75. The van der Waals surface area contributed by atoms with E-state index in [2.05, 4.69) is 4.98 Å². The first-order valence-corrected chi connectivity index (χ1v) is 3.96. The van der Waals surface area contributed by atoms with Gasteiger partial charge < -0.3 is 16.6 Å². The zero-order valence-corrected chi connectivity index (χ0v) is 7.58. The predicted octanol–water partition coefficient (Wildman–Crippen LogP) is 0.811. The number of pyridine rings is 1. The molecule has 0 spiro atoms. The molecule has 0 aliphatic rings. The first kappa shape index (κ1) is 11.2. The van der Waals surface area contributed by atoms with Gasteiger partial charge in [-0.25, -0.2) is 13.8 Å². The van der Waals surface area contributed by atoms with Crippen LogP contribution in [0.25, 0.3) is 0 Å². The van der Waals surface area contributed by atoms with Crippen LogP contribution in [0.2, 0.25) is 0 Å². The normalized spacial score (nSPS) is 10.6. The fourth-order valence-electron chi connectivity index (χ4n) is 1.16. The number of aliphatic carboxylic acids is 1. The molecule has 82 valence electrons. The van der Waals surface area contributed by atoms with Crippen LogP contribution in [-0.4, -0.2) is 16.1 Å². The minimum atomic E-state index is -2.90. The maximum atomic E-state index is 12.5. The molecule has 0 bridgehead atoms. The number of carbonyl (C=O) groups is 1. The number of aromatic nitrogens is 1. The van der Waals surface area contributed by atoms with Crippen LogP contribution in [0.4, 0.5) is 20.3 Å². The Balaban J connectivity index is 3.26. The summed E-state index contributed by atoms with van der Waals surface area (Å²) in [6, 6.07) is 1.16. The van der Waals surface area contributed by atoms with E-state index in [0.717, 1.165) is 6.07 Å². The maximum Gasteiger partial charge on any atom is 0.307 e. The fraction of sp³-hybridized carbons (Fsp3) is 0.250. The van der Waals surface area contributed by atoms with Crippen LogP contribution >= 0.6 is 0 Å². The van der Waals surface area contributed by atoms with Crippen LogP contribution in [0.3, 0.4) is 0 Å². The maximum absolute atomic E-state index is 12.5. The molecule has 0 atom stereocenters. The molecule has 5 nitrogen and oxygen atoms in total. The van der Waals surface area contributed by atoms with Gasteiger partial charge in [0.15, 0.2) is 0 Å². The van der Waals surface area contributed by atoms with Gasteiger partial charge >= 0.3 is 5.97 Å². The quantitative estimate of drug-likeness (QED) is 0.695. The highest BCUT2D eigenvalue weighted by molar-refractivity contribution is 5.74. The number of anilines is 2. The van der Waals surface area contributed by atoms with E-state index in [1.54, 1.807) is 0 Å². The van der Waals surface area contributed by atoms with Crippen molar-refractivity contribution >= 4 is 17.5 Å². The standard InChI is InChI=1S/C8H9F2N3O2/c9-8(10)7-3(1-6(14)15)4(11)2-5(12)13-7/h2,8H,1H2,(H,14,15)(H4,11,12,13). The number of rotatable bonds is 3. The lowest BCUT2D eigenvalue weighted by Crippen LogP contribution is -2.10. The van der Waals surface area contributed by atoms with Crippen molar-refractivity contribution in [1.82, 2.24) is 4.98 Å². The fourth-order valence-corrected chi connectivity index (χ4v) is 1.16. The van der Waals surface area contributed by atoms with Crippen LogP contribution in [0.1, 0.15) is 17.7 Å². The van der Waals surface area contributed by atoms with Crippen LogP contribution < -0.4 is 11.5 Å². The summed E-state index contributed by atoms with van der Waals surface area (Å²) in [5.74, 6) is -1.41. The molecule has 0 aliphatic heterocycles. The highest BCUT2D eigenvalue weighted by atomic mass is 19.3. The van der Waals surface area contributed by atoms with Gasteiger partial charge in [-0.2, -0.15) is 0 Å². The number of hydrogen-bond donors (Lipinski definition) is 3. The van der Waals surface area contributed by atoms with Crippen LogP contribution in [0.15, 0.2) is 6.07 Å². The van der Waals surface area contributed by atoms with E-state index in [4.69, 9.17) is 16.6 Å². The van der Waals surface area contributed by atoms with E-state index in [9.17, 15) is 13.6 Å². The lowest BCUT2D eigenvalue weighted by atomic mass is 10.1. The first-order chi connectivity index (χ1) is 6.91. The van der Waals surface area contributed by atoms with Crippen molar-refractivity contribution in [3.8, 4) is 0 Å². The summed E-state index contributed by atoms with van der Waals surface area (Å²) in [4.78, 5) is 13.8. The monoisotopic (exact) mass is 217 g/mol. The van der Waals surface area contributed by atoms with Gasteiger partial charge in [0, 0.05) is 17.3 Å². The zero-order chi connectivity index (χ0) is 11.6. The summed E-state index contributed by atoms with van der Waals surface area (Å²) in [5, 5.41) is 8.51. The summed E-state index contributed by atoms with van der Waals surface area (Å²) >= 11 is 0. The molecule has 0 fully saturated rings. The van der Waals surface area contributed by atoms with E-state index >= 15 is 0 Å². The van der Waals surface area contributed by atoms with Gasteiger partial charge in [0.1, 0.15) is 11.5 Å². The number of nitrogens with two attached hydrogens (primary N) is 2. The van der Waals surface area contributed by atoms with Crippen LogP contribution in [0, 0.1) is 0 Å². The number of alkyl halides is 2. The molecule has 0 saturated carbocycles. The lowest BCUT2D eigenvalue weighted by molar-refractivity contribution is -0.136. The molecule has 7 heteroatoms. The van der Waals surface area contributed by atoms with Crippen molar-refractivity contribution in [2.75, 3.05) is 11.5 Å². The molecule has 0 saturated heterocycles. The van der Waals surface area contributed by atoms with Gasteiger partial charge in [0.05, 0.1) is 6.42 Å². The number of nitrogens with zero attached hydrogens (tertiary/aromatic N) is 1. The molecule has 1 aromatic heterocycles. The number of hydrogen-bond acceptors (Lipinski definition) is 4. The number of nitrogen functional groups attached to an aromatic ring is 2. The summed E-state index contributed by atoms with van der Waals surface area (Å²) in [6.45, 7) is 0. The highest BCUT2D eigenvalue weighted by Gasteiger charge is 2.20. The third-order valence-electron chi connectivity index (χ3n) is 1.75. The molecular formula is C8H9F2N3O2. The zero-order valence-electron chi connectivity index (χ0n) is 7.58. The average Bonchev–Trinajstić information content (AvgIpc) is 2.08. The van der Waals surface area contributed by atoms with Crippen LogP contribution in [0.5, 0.6) is 0 Å². The summed E-state index contributed by atoms with van der Waals surface area (Å²) < 4.78 is 24.9. The predicted molar refractivity (Wildman–Crippen MR) is 49.4 cm³/mol. The van der Waals surface area contributed by atoms with E-state index in [0.29, 0.717) is 0 Å². The molecule has 1 rings (SSSR count). The molecule has 15 heavy (non-hydrogen) atoms. The Bertz CT molecular complexity index is 396. The molecule has 0 aromatic carbocycles. The van der Waals surface area contributed by atoms with Crippen molar-refractivity contribution in [3.05, 3.63) is 17.3 Å². The van der Waals surface area contributed by atoms with Gasteiger partial charge in [0.25, 0.3) is 6.43 Å². The highest BCUT2D eigenvalue weighted by Crippen LogP contribution is 2.27. The van der Waals surface area contributed by atoms with Crippen molar-refractivity contribution in [1.29, 1.82) is 0 Å². The van der Waals surface area contributed by atoms with E-state index in [1.807, 2.05) is 0 Å². The molecule has 0 radical (unpaired) electrons. The second-order valence-electron chi connectivity index (χ2n) is 2.87. The SMILES string of the molecule is Nc1cc(N)c(CC(=O)O)c(C(F)F)n1. The average molecular weight is 217 g/mol. The smallest absolute Gasteiger partial charge is 0.307 e. The van der Waals surface area contributed by atoms with Crippen molar-refractivity contribution in [3.63, 3.8) is 0 Å². The molecule has 1 heterocycles. The number of halogens is 2. The number of carboxylic acid groups (broad SMARTS) is 1. The second-order valence-corrected chi connectivity index (χ2v) is 2.87. The molecule has 1 aromatic rings. The molecule has 0 amide bonds. The van der Waals surface area contributed by atoms with Crippen molar-refractivity contribution in [2.24, 2.45) is 0 Å². The van der Waals surface area contributed by atoms with Gasteiger partial charge in [-0.1, -0.05) is 0 Å². The Labute approximate surface area is 83.7 Å². The molecule has 0 unspecified atom stereocenters. The van der Waals surface area contributed by atoms with Gasteiger partial charge in [-0.15, -0.1) is 0 Å². The lowest BCUT2D eigenvalue weighted by Gasteiger charge is -2.09. The second kappa shape index (κ2) is 4.07. The first-order valence-electron chi connectivity index (χ1n) is 3.96. The Hall–Kier alpha value is -1.92. The Morgan fingerprint density at radius 2 is 2.13 bits per heavy atom. The Morgan fingerprint density at radius 1 is 1.53 bits per heavy atom. The van der Waals surface area contributed by atoms with Crippen LogP contribution in [-0.2, 0) is 11.2 Å². The molecular weight excluding hydrogens is 208 g/mol. The summed E-state index contributed by atoms with van der Waals surface area (Å²) in [7, 11) is 0. The van der Waals surface area contributed by atoms with E-state index in [-0.39, 0.29) is 17.1 Å². The van der Waals surface area contributed by atoms with Gasteiger partial charge in [-0.3, -0.25) is 4.79 Å². The number of carboxylic acids is 1. The Kier molecular flexibility index (Phi) is 3.03. The topological polar surface area (TPSA) is 102 Å². The largest absolute Gasteiger partial charge is 0.481 e. The van der Waals surface area contributed by atoms with Gasteiger partial charge in [-0.05, 0) is 0 Å². The molecule has 0 aliphatic carbocycles. The summed E-state index contributed by atoms with van der Waals surface area (Å²) in [5.41, 5.74) is 9.67.